The second kappa shape index (κ2) is 8.28. The SMILES string of the molecule is CCNC(=NCc1ncnn1C)N1CCc2ccccc2C1.I. The number of aromatic nitrogens is 3. The van der Waals surface area contributed by atoms with Crippen molar-refractivity contribution < 1.29 is 0 Å². The number of nitrogens with zero attached hydrogens (tertiary/aromatic N) is 5. The molecule has 0 bridgehead atoms. The van der Waals surface area contributed by atoms with Crippen molar-refractivity contribution in [3.8, 4) is 0 Å². The summed E-state index contributed by atoms with van der Waals surface area (Å²) in [5.41, 5.74) is 2.83. The van der Waals surface area contributed by atoms with Gasteiger partial charge in [-0.05, 0) is 24.5 Å². The molecule has 1 aliphatic heterocycles. The molecule has 1 aromatic heterocycles. The fourth-order valence-electron chi connectivity index (χ4n) is 2.71. The summed E-state index contributed by atoms with van der Waals surface area (Å²) in [7, 11) is 1.89. The standard InChI is InChI=1S/C16H22N6.HI/c1-3-17-16(18-10-15-19-12-20-21(15)2)22-9-8-13-6-4-5-7-14(13)11-22;/h4-7,12H,3,8-11H2,1-2H3,(H,17,18);1H. The van der Waals surface area contributed by atoms with E-state index in [-0.39, 0.29) is 24.0 Å². The number of aliphatic imine (C=N–C) groups is 1. The molecule has 0 spiro atoms. The van der Waals surface area contributed by atoms with E-state index in [0.717, 1.165) is 37.8 Å². The highest BCUT2D eigenvalue weighted by atomic mass is 127. The van der Waals surface area contributed by atoms with E-state index in [1.165, 1.54) is 11.1 Å². The van der Waals surface area contributed by atoms with Crippen molar-refractivity contribution in [2.45, 2.75) is 26.4 Å². The zero-order chi connectivity index (χ0) is 15.4. The van der Waals surface area contributed by atoms with Gasteiger partial charge in [0, 0.05) is 26.7 Å². The maximum Gasteiger partial charge on any atom is 0.194 e. The lowest BCUT2D eigenvalue weighted by atomic mass is 10.0. The van der Waals surface area contributed by atoms with Gasteiger partial charge in [0.15, 0.2) is 5.96 Å². The van der Waals surface area contributed by atoms with Gasteiger partial charge in [0.2, 0.25) is 0 Å². The summed E-state index contributed by atoms with van der Waals surface area (Å²) in [4.78, 5) is 11.3. The molecule has 6 nitrogen and oxygen atoms in total. The lowest BCUT2D eigenvalue weighted by Crippen LogP contribution is -2.44. The van der Waals surface area contributed by atoms with Crippen LogP contribution in [0.5, 0.6) is 0 Å². The van der Waals surface area contributed by atoms with Gasteiger partial charge in [-0.1, -0.05) is 24.3 Å². The molecule has 7 heteroatoms. The first-order chi connectivity index (χ1) is 10.8. The van der Waals surface area contributed by atoms with E-state index in [0.29, 0.717) is 6.54 Å². The Labute approximate surface area is 154 Å². The largest absolute Gasteiger partial charge is 0.356 e. The van der Waals surface area contributed by atoms with Crippen molar-refractivity contribution in [1.82, 2.24) is 25.0 Å². The number of guanidine groups is 1. The Morgan fingerprint density at radius 1 is 1.30 bits per heavy atom. The highest BCUT2D eigenvalue weighted by Gasteiger charge is 2.18. The first-order valence-electron chi connectivity index (χ1n) is 7.71. The van der Waals surface area contributed by atoms with Crippen LogP contribution in [0.15, 0.2) is 35.6 Å². The number of rotatable bonds is 3. The van der Waals surface area contributed by atoms with Gasteiger partial charge >= 0.3 is 0 Å². The molecule has 1 N–H and O–H groups in total. The Kier molecular flexibility index (Phi) is 6.37. The van der Waals surface area contributed by atoms with Gasteiger partial charge < -0.3 is 10.2 Å². The first kappa shape index (κ1) is 17.7. The van der Waals surface area contributed by atoms with E-state index in [1.54, 1.807) is 11.0 Å². The zero-order valence-electron chi connectivity index (χ0n) is 13.6. The molecule has 0 saturated carbocycles. The van der Waals surface area contributed by atoms with Crippen molar-refractivity contribution >= 4 is 29.9 Å². The Morgan fingerprint density at radius 2 is 2.09 bits per heavy atom. The van der Waals surface area contributed by atoms with Crippen molar-refractivity contribution in [2.75, 3.05) is 13.1 Å². The van der Waals surface area contributed by atoms with E-state index >= 15 is 0 Å². The van der Waals surface area contributed by atoms with Gasteiger partial charge in [-0.15, -0.1) is 24.0 Å². The molecule has 1 aromatic carbocycles. The van der Waals surface area contributed by atoms with Gasteiger partial charge in [0.05, 0.1) is 0 Å². The van der Waals surface area contributed by atoms with Crippen molar-refractivity contribution in [3.05, 3.63) is 47.5 Å². The predicted molar refractivity (Wildman–Crippen MR) is 102 cm³/mol. The smallest absolute Gasteiger partial charge is 0.194 e. The molecule has 0 fully saturated rings. The third kappa shape index (κ3) is 4.21. The third-order valence-corrected chi connectivity index (χ3v) is 3.94. The molecule has 0 aliphatic carbocycles. The molecule has 0 saturated heterocycles. The molecule has 0 amide bonds. The topological polar surface area (TPSA) is 58.3 Å². The summed E-state index contributed by atoms with van der Waals surface area (Å²) in [6, 6.07) is 8.64. The van der Waals surface area contributed by atoms with E-state index in [1.807, 2.05) is 7.05 Å². The third-order valence-electron chi connectivity index (χ3n) is 3.94. The molecule has 124 valence electrons. The van der Waals surface area contributed by atoms with Gasteiger partial charge in [-0.3, -0.25) is 4.68 Å². The van der Waals surface area contributed by atoms with Gasteiger partial charge in [0.1, 0.15) is 18.7 Å². The minimum absolute atomic E-state index is 0. The van der Waals surface area contributed by atoms with Crippen LogP contribution in [0.25, 0.3) is 0 Å². The van der Waals surface area contributed by atoms with E-state index < -0.39 is 0 Å². The number of hydrogen-bond acceptors (Lipinski definition) is 3. The Hall–Kier alpha value is -1.64. The van der Waals surface area contributed by atoms with Crippen LogP contribution in [0.3, 0.4) is 0 Å². The quantitative estimate of drug-likeness (QED) is 0.463. The lowest BCUT2D eigenvalue weighted by Gasteiger charge is -2.31. The zero-order valence-corrected chi connectivity index (χ0v) is 15.9. The van der Waals surface area contributed by atoms with Crippen molar-refractivity contribution in [1.29, 1.82) is 0 Å². The molecule has 0 atom stereocenters. The first-order valence-corrected chi connectivity index (χ1v) is 7.71. The van der Waals surface area contributed by atoms with Crippen LogP contribution in [0.4, 0.5) is 0 Å². The Balaban J connectivity index is 0.00000192. The number of fused-ring (bicyclic) bond motifs is 1. The Bertz CT molecular complexity index is 666. The molecule has 2 aromatic rings. The average molecular weight is 426 g/mol. The van der Waals surface area contributed by atoms with E-state index in [9.17, 15) is 0 Å². The molecule has 1 aliphatic rings. The van der Waals surface area contributed by atoms with Gasteiger partial charge in [-0.25, -0.2) is 9.98 Å². The molecule has 3 rings (SSSR count). The lowest BCUT2D eigenvalue weighted by molar-refractivity contribution is 0.378. The van der Waals surface area contributed by atoms with Crippen LogP contribution in [0.2, 0.25) is 0 Å². The van der Waals surface area contributed by atoms with Crippen LogP contribution >= 0.6 is 24.0 Å². The fraction of sp³-hybridized carbons (Fsp3) is 0.438. The average Bonchev–Trinajstić information content (AvgIpc) is 2.96. The molecule has 23 heavy (non-hydrogen) atoms. The summed E-state index contributed by atoms with van der Waals surface area (Å²) in [5, 5.41) is 7.47. The van der Waals surface area contributed by atoms with Crippen LogP contribution < -0.4 is 5.32 Å². The summed E-state index contributed by atoms with van der Waals surface area (Å²) in [5.74, 6) is 1.81. The summed E-state index contributed by atoms with van der Waals surface area (Å²) in [6.07, 6.45) is 2.62. The van der Waals surface area contributed by atoms with Crippen LogP contribution in [0, 0.1) is 0 Å². The van der Waals surface area contributed by atoms with E-state index in [2.05, 4.69) is 51.5 Å². The van der Waals surface area contributed by atoms with Gasteiger partial charge in [0.25, 0.3) is 0 Å². The maximum absolute atomic E-state index is 4.72. The fourth-order valence-corrected chi connectivity index (χ4v) is 2.71. The minimum Gasteiger partial charge on any atom is -0.356 e. The van der Waals surface area contributed by atoms with Gasteiger partial charge in [-0.2, -0.15) is 5.10 Å². The second-order valence-corrected chi connectivity index (χ2v) is 5.41. The monoisotopic (exact) mass is 426 g/mol. The minimum atomic E-state index is 0. The van der Waals surface area contributed by atoms with Crippen molar-refractivity contribution in [3.63, 3.8) is 0 Å². The maximum atomic E-state index is 4.72. The molecule has 0 unspecified atom stereocenters. The number of aryl methyl sites for hydroxylation is 1. The molecular formula is C16H23IN6. The molecular weight excluding hydrogens is 403 g/mol. The number of halogens is 1. The number of nitrogens with one attached hydrogen (secondary N) is 1. The molecule has 2 heterocycles. The van der Waals surface area contributed by atoms with Crippen molar-refractivity contribution in [2.24, 2.45) is 12.0 Å². The normalized spacial score (nSPS) is 14.2. The Morgan fingerprint density at radius 3 is 2.78 bits per heavy atom. The second-order valence-electron chi connectivity index (χ2n) is 5.41. The molecule has 0 radical (unpaired) electrons. The summed E-state index contributed by atoms with van der Waals surface area (Å²) < 4.78 is 1.76. The highest BCUT2D eigenvalue weighted by Crippen LogP contribution is 2.18. The highest BCUT2D eigenvalue weighted by molar-refractivity contribution is 14.0. The number of hydrogen-bond donors (Lipinski definition) is 1. The predicted octanol–water partition coefficient (Wildman–Crippen LogP) is 1.96. The summed E-state index contributed by atoms with van der Waals surface area (Å²) in [6.45, 7) is 5.38. The van der Waals surface area contributed by atoms with Crippen LogP contribution in [-0.2, 0) is 26.6 Å². The number of benzene rings is 1. The summed E-state index contributed by atoms with van der Waals surface area (Å²) >= 11 is 0. The van der Waals surface area contributed by atoms with Crippen LogP contribution in [-0.4, -0.2) is 38.7 Å². The van der Waals surface area contributed by atoms with Crippen LogP contribution in [0.1, 0.15) is 23.9 Å². The van der Waals surface area contributed by atoms with E-state index in [4.69, 9.17) is 4.99 Å².